The number of pyridine rings is 1. The molecule has 0 radical (unpaired) electrons. The Morgan fingerprint density at radius 3 is 2.25 bits per heavy atom. The Morgan fingerprint density at radius 1 is 1.00 bits per heavy atom. The van der Waals surface area contributed by atoms with Gasteiger partial charge in [0.05, 0.1) is 4.90 Å². The predicted octanol–water partition coefficient (Wildman–Crippen LogP) is 1.88. The Kier molecular flexibility index (Phi) is 4.84. The molecule has 1 saturated heterocycles. The van der Waals surface area contributed by atoms with Crippen molar-refractivity contribution in [3.05, 3.63) is 59.4 Å². The summed E-state index contributed by atoms with van der Waals surface area (Å²) in [6, 6.07) is 11.2. The summed E-state index contributed by atoms with van der Waals surface area (Å²) >= 11 is 5.80. The van der Waals surface area contributed by atoms with E-state index in [1.165, 1.54) is 16.4 Å². The maximum absolute atomic E-state index is 12.6. The summed E-state index contributed by atoms with van der Waals surface area (Å²) < 4.78 is 26.6. The van der Waals surface area contributed by atoms with Crippen LogP contribution in [0, 0.1) is 0 Å². The minimum absolute atomic E-state index is 0.181. The maximum Gasteiger partial charge on any atom is 0.272 e. The summed E-state index contributed by atoms with van der Waals surface area (Å²) in [5.74, 6) is -0.181. The van der Waals surface area contributed by atoms with Crippen LogP contribution in [-0.2, 0) is 10.0 Å². The highest BCUT2D eigenvalue weighted by molar-refractivity contribution is 7.89. The fraction of sp³-hybridized carbons (Fsp3) is 0.250. The van der Waals surface area contributed by atoms with Crippen molar-refractivity contribution >= 4 is 27.5 Å². The van der Waals surface area contributed by atoms with Crippen molar-refractivity contribution in [2.45, 2.75) is 4.90 Å². The highest BCUT2D eigenvalue weighted by Gasteiger charge is 2.30. The van der Waals surface area contributed by atoms with E-state index >= 15 is 0 Å². The van der Waals surface area contributed by atoms with Gasteiger partial charge in [0.15, 0.2) is 0 Å². The van der Waals surface area contributed by atoms with Gasteiger partial charge in [0, 0.05) is 37.4 Å². The molecule has 0 saturated carbocycles. The summed E-state index contributed by atoms with van der Waals surface area (Å²) in [7, 11) is -3.57. The topological polar surface area (TPSA) is 70.6 Å². The first-order valence-corrected chi connectivity index (χ1v) is 9.26. The SMILES string of the molecule is O=C(c1ccccn1)N1CCN(S(=O)(=O)c2ccc(Cl)cc2)CC1. The molecular weight excluding hydrogens is 350 g/mol. The van der Waals surface area contributed by atoms with Crippen molar-refractivity contribution in [1.82, 2.24) is 14.2 Å². The van der Waals surface area contributed by atoms with Crippen LogP contribution in [0.4, 0.5) is 0 Å². The highest BCUT2D eigenvalue weighted by atomic mass is 35.5. The van der Waals surface area contributed by atoms with Crippen LogP contribution >= 0.6 is 11.6 Å². The van der Waals surface area contributed by atoms with Crippen LogP contribution in [0.2, 0.25) is 5.02 Å². The number of nitrogens with zero attached hydrogens (tertiary/aromatic N) is 3. The third-order valence-electron chi connectivity index (χ3n) is 3.86. The van der Waals surface area contributed by atoms with E-state index in [9.17, 15) is 13.2 Å². The van der Waals surface area contributed by atoms with Gasteiger partial charge in [-0.05, 0) is 36.4 Å². The molecule has 24 heavy (non-hydrogen) atoms. The van der Waals surface area contributed by atoms with Gasteiger partial charge >= 0.3 is 0 Å². The van der Waals surface area contributed by atoms with Crippen LogP contribution in [0.5, 0.6) is 0 Å². The number of carbonyl (C=O) groups is 1. The van der Waals surface area contributed by atoms with Gasteiger partial charge in [-0.1, -0.05) is 17.7 Å². The zero-order chi connectivity index (χ0) is 17.2. The lowest BCUT2D eigenvalue weighted by molar-refractivity contribution is 0.0692. The first kappa shape index (κ1) is 16.9. The second-order valence-electron chi connectivity index (χ2n) is 5.37. The molecule has 8 heteroatoms. The van der Waals surface area contributed by atoms with Gasteiger partial charge in [0.1, 0.15) is 5.69 Å². The molecule has 1 aromatic heterocycles. The summed E-state index contributed by atoms with van der Waals surface area (Å²) in [5, 5.41) is 0.486. The molecule has 6 nitrogen and oxygen atoms in total. The zero-order valence-corrected chi connectivity index (χ0v) is 14.4. The molecule has 126 valence electrons. The first-order chi connectivity index (χ1) is 11.5. The maximum atomic E-state index is 12.6. The van der Waals surface area contributed by atoms with Gasteiger partial charge in [0.2, 0.25) is 10.0 Å². The average Bonchev–Trinajstić information content (AvgIpc) is 2.62. The van der Waals surface area contributed by atoms with E-state index in [1.807, 2.05) is 0 Å². The fourth-order valence-corrected chi connectivity index (χ4v) is 4.09. The molecular formula is C16H16ClN3O3S. The average molecular weight is 366 g/mol. The van der Waals surface area contributed by atoms with Crippen LogP contribution in [-0.4, -0.2) is 54.7 Å². The van der Waals surface area contributed by atoms with E-state index < -0.39 is 10.0 Å². The molecule has 0 atom stereocenters. The van der Waals surface area contributed by atoms with Gasteiger partial charge in [-0.25, -0.2) is 8.42 Å². The quantitative estimate of drug-likeness (QED) is 0.832. The first-order valence-electron chi connectivity index (χ1n) is 7.44. The Bertz CT molecular complexity index is 817. The Balaban J connectivity index is 1.68. The summed E-state index contributed by atoms with van der Waals surface area (Å²) in [4.78, 5) is 18.2. The molecule has 2 heterocycles. The summed E-state index contributed by atoms with van der Waals surface area (Å²) in [5.41, 5.74) is 0.367. The van der Waals surface area contributed by atoms with Gasteiger partial charge < -0.3 is 4.90 Å². The van der Waals surface area contributed by atoms with Crippen molar-refractivity contribution < 1.29 is 13.2 Å². The van der Waals surface area contributed by atoms with Crippen molar-refractivity contribution in [3.8, 4) is 0 Å². The fourth-order valence-electron chi connectivity index (χ4n) is 2.54. The third kappa shape index (κ3) is 3.43. The third-order valence-corrected chi connectivity index (χ3v) is 6.03. The molecule has 1 aliphatic rings. The van der Waals surface area contributed by atoms with E-state index in [4.69, 9.17) is 11.6 Å². The minimum atomic E-state index is -3.57. The molecule has 1 aliphatic heterocycles. The summed E-state index contributed by atoms with van der Waals surface area (Å²) in [6.07, 6.45) is 1.56. The zero-order valence-electron chi connectivity index (χ0n) is 12.8. The number of hydrogen-bond acceptors (Lipinski definition) is 4. The van der Waals surface area contributed by atoms with Crippen molar-refractivity contribution in [3.63, 3.8) is 0 Å². The molecule has 2 aromatic rings. The van der Waals surface area contributed by atoms with Crippen LogP contribution in [0.25, 0.3) is 0 Å². The lowest BCUT2D eigenvalue weighted by atomic mass is 10.3. The Hall–Kier alpha value is -1.96. The van der Waals surface area contributed by atoms with Crippen LogP contribution in [0.3, 0.4) is 0 Å². The molecule has 3 rings (SSSR count). The standard InChI is InChI=1S/C16H16ClN3O3S/c17-13-4-6-14(7-5-13)24(22,23)20-11-9-19(10-12-20)16(21)15-3-1-2-8-18-15/h1-8H,9-12H2. The minimum Gasteiger partial charge on any atom is -0.335 e. The van der Waals surface area contributed by atoms with Gasteiger partial charge in [-0.2, -0.15) is 4.31 Å². The number of piperazine rings is 1. The monoisotopic (exact) mass is 365 g/mol. The number of rotatable bonds is 3. The number of halogens is 1. The largest absolute Gasteiger partial charge is 0.335 e. The molecule has 0 unspecified atom stereocenters. The van der Waals surface area contributed by atoms with Crippen LogP contribution in [0.15, 0.2) is 53.6 Å². The molecule has 0 N–H and O–H groups in total. The Morgan fingerprint density at radius 2 is 1.67 bits per heavy atom. The van der Waals surface area contributed by atoms with Gasteiger partial charge in [-0.3, -0.25) is 9.78 Å². The number of hydrogen-bond donors (Lipinski definition) is 0. The lowest BCUT2D eigenvalue weighted by Gasteiger charge is -2.33. The van der Waals surface area contributed by atoms with Crippen LogP contribution < -0.4 is 0 Å². The smallest absolute Gasteiger partial charge is 0.272 e. The Labute approximate surface area is 145 Å². The van der Waals surface area contributed by atoms with Gasteiger partial charge in [-0.15, -0.1) is 0 Å². The van der Waals surface area contributed by atoms with Crippen LogP contribution in [0.1, 0.15) is 10.5 Å². The second kappa shape index (κ2) is 6.88. The number of sulfonamides is 1. The molecule has 0 aliphatic carbocycles. The van der Waals surface area contributed by atoms with Gasteiger partial charge in [0.25, 0.3) is 5.91 Å². The van der Waals surface area contributed by atoms with E-state index in [2.05, 4.69) is 4.98 Å². The highest BCUT2D eigenvalue weighted by Crippen LogP contribution is 2.20. The number of amides is 1. The lowest BCUT2D eigenvalue weighted by Crippen LogP contribution is -2.50. The number of aromatic nitrogens is 1. The van der Waals surface area contributed by atoms with E-state index in [-0.39, 0.29) is 23.9 Å². The molecule has 0 bridgehead atoms. The number of carbonyl (C=O) groups excluding carboxylic acids is 1. The summed E-state index contributed by atoms with van der Waals surface area (Å²) in [6.45, 7) is 1.18. The van der Waals surface area contributed by atoms with E-state index in [0.717, 1.165) is 0 Å². The normalized spacial score (nSPS) is 16.1. The van der Waals surface area contributed by atoms with E-state index in [0.29, 0.717) is 23.8 Å². The van der Waals surface area contributed by atoms with Crippen molar-refractivity contribution in [2.24, 2.45) is 0 Å². The molecule has 0 spiro atoms. The predicted molar refractivity (Wildman–Crippen MR) is 90.4 cm³/mol. The molecule has 1 fully saturated rings. The second-order valence-corrected chi connectivity index (χ2v) is 7.74. The van der Waals surface area contributed by atoms with Crippen molar-refractivity contribution in [1.29, 1.82) is 0 Å². The number of benzene rings is 1. The van der Waals surface area contributed by atoms with Crippen molar-refractivity contribution in [2.75, 3.05) is 26.2 Å². The molecule has 1 aromatic carbocycles. The molecule has 1 amide bonds. The van der Waals surface area contributed by atoms with E-state index in [1.54, 1.807) is 41.4 Å².